The van der Waals surface area contributed by atoms with E-state index in [4.69, 9.17) is 0 Å². The maximum absolute atomic E-state index is 12.7. The molecule has 1 amide bonds. The molecule has 2 aromatic heterocycles. The van der Waals surface area contributed by atoms with Gasteiger partial charge in [-0.2, -0.15) is 5.10 Å². The number of carbonyl (C=O) groups excluding carboxylic acids is 1. The Morgan fingerprint density at radius 2 is 1.81 bits per heavy atom. The molecule has 7 nitrogen and oxygen atoms in total. The van der Waals surface area contributed by atoms with E-state index < -0.39 is 0 Å². The van der Waals surface area contributed by atoms with Gasteiger partial charge in [0, 0.05) is 43.2 Å². The van der Waals surface area contributed by atoms with Crippen molar-refractivity contribution in [3.63, 3.8) is 0 Å². The van der Waals surface area contributed by atoms with E-state index in [0.717, 1.165) is 50.2 Å². The first kappa shape index (κ1) is 16.7. The largest absolute Gasteiger partial charge is 0.337 e. The number of nitrogens with one attached hydrogen (secondary N) is 1. The monoisotopic (exact) mass is 367 g/mol. The smallest absolute Gasteiger partial charge is 0.274 e. The number of aromatic amines is 1. The second-order valence-corrected chi connectivity index (χ2v) is 8.30. The van der Waals surface area contributed by atoms with Crippen LogP contribution < -0.4 is 5.56 Å². The van der Waals surface area contributed by atoms with Crippen molar-refractivity contribution in [3.8, 4) is 0 Å². The van der Waals surface area contributed by atoms with Gasteiger partial charge in [0.25, 0.3) is 11.5 Å². The zero-order valence-electron chi connectivity index (χ0n) is 15.4. The summed E-state index contributed by atoms with van der Waals surface area (Å²) in [5, 5.41) is 7.22. The van der Waals surface area contributed by atoms with Crippen LogP contribution >= 0.6 is 0 Å². The fraction of sp³-hybridized carbons (Fsp3) is 0.600. The number of H-pyrrole nitrogens is 1. The SMILES string of the molecule is O=C(c1cc(C2CC2)[nH]n1)N1CCC(Cn2cnc(C3CC3)cc2=O)CC1. The molecule has 5 rings (SSSR count). The number of hydrogen-bond acceptors (Lipinski definition) is 4. The van der Waals surface area contributed by atoms with Gasteiger partial charge in [0.15, 0.2) is 0 Å². The average Bonchev–Trinajstić information content (AvgIpc) is 3.62. The molecule has 0 atom stereocenters. The first-order valence-corrected chi connectivity index (χ1v) is 10.1. The summed E-state index contributed by atoms with van der Waals surface area (Å²) in [7, 11) is 0. The van der Waals surface area contributed by atoms with Crippen molar-refractivity contribution >= 4 is 5.91 Å². The lowest BCUT2D eigenvalue weighted by Crippen LogP contribution is -2.40. The van der Waals surface area contributed by atoms with Crippen LogP contribution in [0.1, 0.15) is 72.2 Å². The minimum atomic E-state index is 0.0178. The summed E-state index contributed by atoms with van der Waals surface area (Å²) in [6, 6.07) is 3.62. The van der Waals surface area contributed by atoms with E-state index >= 15 is 0 Å². The molecular weight excluding hydrogens is 342 g/mol. The van der Waals surface area contributed by atoms with E-state index in [0.29, 0.717) is 30.0 Å². The van der Waals surface area contributed by atoms with Crippen LogP contribution in [-0.2, 0) is 6.54 Å². The third kappa shape index (κ3) is 3.55. The summed E-state index contributed by atoms with van der Waals surface area (Å²) >= 11 is 0. The molecule has 3 heterocycles. The Kier molecular flexibility index (Phi) is 4.10. The number of hydrogen-bond donors (Lipinski definition) is 1. The summed E-state index contributed by atoms with van der Waals surface area (Å²) in [4.78, 5) is 31.3. The van der Waals surface area contributed by atoms with Crippen LogP contribution in [0.3, 0.4) is 0 Å². The number of rotatable bonds is 5. The Morgan fingerprint density at radius 1 is 1.07 bits per heavy atom. The molecule has 3 fully saturated rings. The number of nitrogens with zero attached hydrogens (tertiary/aromatic N) is 4. The molecular formula is C20H25N5O2. The Balaban J connectivity index is 1.17. The van der Waals surface area contributed by atoms with Crippen LogP contribution in [0.4, 0.5) is 0 Å². The molecule has 1 aliphatic heterocycles. The maximum Gasteiger partial charge on any atom is 0.274 e. The van der Waals surface area contributed by atoms with Gasteiger partial charge < -0.3 is 4.90 Å². The number of carbonyl (C=O) groups is 1. The van der Waals surface area contributed by atoms with Crippen LogP contribution in [0.5, 0.6) is 0 Å². The highest BCUT2D eigenvalue weighted by Crippen LogP contribution is 2.39. The lowest BCUT2D eigenvalue weighted by atomic mass is 9.96. The molecule has 0 radical (unpaired) electrons. The summed E-state index contributed by atoms with van der Waals surface area (Å²) in [5.41, 5.74) is 2.62. The quantitative estimate of drug-likeness (QED) is 0.879. The number of likely N-dealkylation sites (tertiary alicyclic amines) is 1. The van der Waals surface area contributed by atoms with E-state index in [2.05, 4.69) is 15.2 Å². The zero-order valence-corrected chi connectivity index (χ0v) is 15.4. The summed E-state index contributed by atoms with van der Waals surface area (Å²) < 4.78 is 1.73. The molecule has 2 aromatic rings. The van der Waals surface area contributed by atoms with Crippen LogP contribution in [0.15, 0.2) is 23.3 Å². The predicted molar refractivity (Wildman–Crippen MR) is 99.7 cm³/mol. The fourth-order valence-electron chi connectivity index (χ4n) is 3.99. The van der Waals surface area contributed by atoms with E-state index in [9.17, 15) is 9.59 Å². The van der Waals surface area contributed by atoms with Crippen molar-refractivity contribution in [2.45, 2.75) is 56.9 Å². The predicted octanol–water partition coefficient (Wildman–Crippen LogP) is 2.27. The minimum absolute atomic E-state index is 0.0178. The molecule has 0 bridgehead atoms. The lowest BCUT2D eigenvalue weighted by Gasteiger charge is -2.31. The standard InChI is InChI=1S/C20H25N5O2/c26-19-10-16(14-1-2-14)21-12-25(19)11-13-5-7-24(8-6-13)20(27)18-9-17(22-23-18)15-3-4-15/h9-10,12-15H,1-8,11H2,(H,22,23). The Hall–Kier alpha value is -2.44. The Labute approximate surface area is 157 Å². The summed E-state index contributed by atoms with van der Waals surface area (Å²) in [6.45, 7) is 2.13. The lowest BCUT2D eigenvalue weighted by molar-refractivity contribution is 0.0676. The van der Waals surface area contributed by atoms with Gasteiger partial charge in [-0.1, -0.05) is 0 Å². The minimum Gasteiger partial charge on any atom is -0.337 e. The van der Waals surface area contributed by atoms with Crippen molar-refractivity contribution in [2.24, 2.45) is 5.92 Å². The number of aromatic nitrogens is 4. The second-order valence-electron chi connectivity index (χ2n) is 8.30. The van der Waals surface area contributed by atoms with Crippen molar-refractivity contribution in [3.05, 3.63) is 45.9 Å². The molecule has 1 saturated heterocycles. The van der Waals surface area contributed by atoms with E-state index in [1.165, 1.54) is 12.8 Å². The van der Waals surface area contributed by atoms with Gasteiger partial charge in [0.1, 0.15) is 5.69 Å². The first-order chi connectivity index (χ1) is 13.2. The van der Waals surface area contributed by atoms with E-state index in [1.54, 1.807) is 17.0 Å². The topological polar surface area (TPSA) is 83.9 Å². The zero-order chi connectivity index (χ0) is 18.4. The van der Waals surface area contributed by atoms with Gasteiger partial charge in [-0.05, 0) is 50.5 Å². The fourth-order valence-corrected chi connectivity index (χ4v) is 3.99. The van der Waals surface area contributed by atoms with Gasteiger partial charge in [0.2, 0.25) is 0 Å². The van der Waals surface area contributed by atoms with Gasteiger partial charge >= 0.3 is 0 Å². The molecule has 2 saturated carbocycles. The normalized spacial score (nSPS) is 20.8. The van der Waals surface area contributed by atoms with Crippen LogP contribution in [0.2, 0.25) is 0 Å². The summed E-state index contributed by atoms with van der Waals surface area (Å²) in [6.07, 6.45) is 8.21. The highest BCUT2D eigenvalue weighted by atomic mass is 16.2. The van der Waals surface area contributed by atoms with Gasteiger partial charge in [-0.15, -0.1) is 0 Å². The van der Waals surface area contributed by atoms with E-state index in [-0.39, 0.29) is 11.5 Å². The first-order valence-electron chi connectivity index (χ1n) is 10.1. The van der Waals surface area contributed by atoms with Crippen molar-refractivity contribution in [1.29, 1.82) is 0 Å². The number of piperidine rings is 1. The molecule has 7 heteroatoms. The molecule has 0 unspecified atom stereocenters. The molecule has 142 valence electrons. The third-order valence-corrected chi connectivity index (χ3v) is 6.09. The Morgan fingerprint density at radius 3 is 2.48 bits per heavy atom. The van der Waals surface area contributed by atoms with Gasteiger partial charge in [-0.3, -0.25) is 19.3 Å². The van der Waals surface area contributed by atoms with Gasteiger partial charge in [0.05, 0.1) is 12.0 Å². The van der Waals surface area contributed by atoms with Crippen molar-refractivity contribution in [2.75, 3.05) is 13.1 Å². The van der Waals surface area contributed by atoms with Gasteiger partial charge in [-0.25, -0.2) is 4.98 Å². The van der Waals surface area contributed by atoms with Crippen molar-refractivity contribution < 1.29 is 4.79 Å². The molecule has 1 N–H and O–H groups in total. The molecule has 3 aliphatic rings. The molecule has 0 aromatic carbocycles. The highest BCUT2D eigenvalue weighted by Gasteiger charge is 2.29. The number of amides is 1. The molecule has 0 spiro atoms. The average molecular weight is 367 g/mol. The Bertz CT molecular complexity index is 901. The van der Waals surface area contributed by atoms with Crippen LogP contribution in [0.25, 0.3) is 0 Å². The van der Waals surface area contributed by atoms with E-state index in [1.807, 2.05) is 11.0 Å². The molecule has 27 heavy (non-hydrogen) atoms. The third-order valence-electron chi connectivity index (χ3n) is 6.09. The highest BCUT2D eigenvalue weighted by molar-refractivity contribution is 5.92. The van der Waals surface area contributed by atoms with Crippen LogP contribution in [0, 0.1) is 5.92 Å². The summed E-state index contributed by atoms with van der Waals surface area (Å²) in [5.74, 6) is 1.50. The maximum atomic E-state index is 12.7. The van der Waals surface area contributed by atoms with Crippen LogP contribution in [-0.4, -0.2) is 43.6 Å². The van der Waals surface area contributed by atoms with Crippen molar-refractivity contribution in [1.82, 2.24) is 24.6 Å². The molecule has 2 aliphatic carbocycles. The second kappa shape index (κ2) is 6.62.